The van der Waals surface area contributed by atoms with Crippen LogP contribution in [0.1, 0.15) is 53.4 Å². The molecule has 2 unspecified atom stereocenters. The molecule has 0 bridgehead atoms. The third-order valence-corrected chi connectivity index (χ3v) is 4.35. The van der Waals surface area contributed by atoms with Crippen molar-refractivity contribution in [1.82, 2.24) is 0 Å². The van der Waals surface area contributed by atoms with Crippen LogP contribution in [0, 0.1) is 10.8 Å². The van der Waals surface area contributed by atoms with Gasteiger partial charge in [0.05, 0.1) is 5.41 Å². The standard InChI is InChI=1S/C14H28O4/c1-7-13(3,11(15)16)9-10-14(4,8-2)12(17-5)18-6/h12H,7-10H2,1-6H3,(H,15,16). The van der Waals surface area contributed by atoms with E-state index in [1.165, 1.54) is 0 Å². The van der Waals surface area contributed by atoms with Crippen molar-refractivity contribution in [3.05, 3.63) is 0 Å². The minimum atomic E-state index is -0.727. The predicted molar refractivity (Wildman–Crippen MR) is 71.5 cm³/mol. The zero-order valence-electron chi connectivity index (χ0n) is 12.6. The molecule has 4 heteroatoms. The zero-order chi connectivity index (χ0) is 14.4. The highest BCUT2D eigenvalue weighted by Gasteiger charge is 2.38. The Hall–Kier alpha value is -0.610. The molecule has 1 N–H and O–H groups in total. The maximum absolute atomic E-state index is 11.3. The second-order valence-corrected chi connectivity index (χ2v) is 5.53. The fraction of sp³-hybridized carbons (Fsp3) is 0.929. The second kappa shape index (κ2) is 7.10. The van der Waals surface area contributed by atoms with Gasteiger partial charge in [-0.05, 0) is 32.6 Å². The van der Waals surface area contributed by atoms with Crippen molar-refractivity contribution in [1.29, 1.82) is 0 Å². The smallest absolute Gasteiger partial charge is 0.309 e. The number of rotatable bonds is 9. The summed E-state index contributed by atoms with van der Waals surface area (Å²) < 4.78 is 10.7. The number of hydrogen-bond acceptors (Lipinski definition) is 3. The Labute approximate surface area is 111 Å². The number of carboxylic acids is 1. The molecule has 0 aromatic rings. The lowest BCUT2D eigenvalue weighted by Crippen LogP contribution is -2.37. The maximum atomic E-state index is 11.3. The fourth-order valence-corrected chi connectivity index (χ4v) is 2.12. The van der Waals surface area contributed by atoms with Gasteiger partial charge in [0.25, 0.3) is 0 Å². The molecule has 0 heterocycles. The predicted octanol–water partition coefficient (Wildman–Crippen LogP) is 3.30. The van der Waals surface area contributed by atoms with Crippen LogP contribution in [-0.4, -0.2) is 31.6 Å². The molecule has 0 saturated carbocycles. The minimum Gasteiger partial charge on any atom is -0.481 e. The highest BCUT2D eigenvalue weighted by Crippen LogP contribution is 2.39. The normalized spacial score (nSPS) is 18.4. The first kappa shape index (κ1) is 17.4. The van der Waals surface area contributed by atoms with E-state index in [1.807, 2.05) is 6.92 Å². The molecular formula is C14H28O4. The first-order valence-electron chi connectivity index (χ1n) is 6.58. The van der Waals surface area contributed by atoms with Gasteiger partial charge in [-0.15, -0.1) is 0 Å². The summed E-state index contributed by atoms with van der Waals surface area (Å²) in [6, 6.07) is 0. The van der Waals surface area contributed by atoms with E-state index in [2.05, 4.69) is 13.8 Å². The van der Waals surface area contributed by atoms with E-state index >= 15 is 0 Å². The third kappa shape index (κ3) is 3.95. The summed E-state index contributed by atoms with van der Waals surface area (Å²) in [7, 11) is 3.25. The number of carbonyl (C=O) groups is 1. The average molecular weight is 260 g/mol. The summed E-state index contributed by atoms with van der Waals surface area (Å²) in [6.45, 7) is 7.89. The van der Waals surface area contributed by atoms with E-state index in [1.54, 1.807) is 21.1 Å². The Morgan fingerprint density at radius 1 is 1.11 bits per heavy atom. The molecule has 0 radical (unpaired) electrons. The molecule has 4 nitrogen and oxygen atoms in total. The van der Waals surface area contributed by atoms with E-state index in [4.69, 9.17) is 9.47 Å². The quantitative estimate of drug-likeness (QED) is 0.646. The van der Waals surface area contributed by atoms with E-state index in [9.17, 15) is 9.90 Å². The molecule has 0 spiro atoms. The first-order valence-corrected chi connectivity index (χ1v) is 6.58. The Morgan fingerprint density at radius 3 is 1.89 bits per heavy atom. The van der Waals surface area contributed by atoms with Crippen molar-refractivity contribution in [2.45, 2.75) is 59.7 Å². The molecular weight excluding hydrogens is 232 g/mol. The summed E-state index contributed by atoms with van der Waals surface area (Å²) in [4.78, 5) is 11.3. The molecule has 108 valence electrons. The second-order valence-electron chi connectivity index (χ2n) is 5.53. The van der Waals surface area contributed by atoms with Crippen LogP contribution >= 0.6 is 0 Å². The molecule has 18 heavy (non-hydrogen) atoms. The van der Waals surface area contributed by atoms with Crippen LogP contribution in [0.15, 0.2) is 0 Å². The molecule has 0 aliphatic carbocycles. The topological polar surface area (TPSA) is 55.8 Å². The molecule has 0 fully saturated rings. The summed E-state index contributed by atoms with van der Waals surface area (Å²) in [5, 5.41) is 9.29. The van der Waals surface area contributed by atoms with Gasteiger partial charge < -0.3 is 14.6 Å². The van der Waals surface area contributed by atoms with Gasteiger partial charge in [-0.1, -0.05) is 20.8 Å². The highest BCUT2D eigenvalue weighted by molar-refractivity contribution is 5.73. The number of aliphatic carboxylic acids is 1. The first-order chi connectivity index (χ1) is 8.29. The molecule has 0 aliphatic rings. The van der Waals surface area contributed by atoms with Crippen molar-refractivity contribution in [2.75, 3.05) is 14.2 Å². The number of carboxylic acid groups (broad SMARTS) is 1. The van der Waals surface area contributed by atoms with Gasteiger partial charge in [-0.2, -0.15) is 0 Å². The SMILES string of the molecule is CCC(C)(CCC(C)(CC)C(OC)OC)C(=O)O. The molecule has 0 rings (SSSR count). The van der Waals surface area contributed by atoms with Gasteiger partial charge in [0.15, 0.2) is 6.29 Å². The van der Waals surface area contributed by atoms with Crippen LogP contribution in [0.25, 0.3) is 0 Å². The molecule has 0 amide bonds. The van der Waals surface area contributed by atoms with E-state index in [-0.39, 0.29) is 11.7 Å². The van der Waals surface area contributed by atoms with Crippen LogP contribution in [0.2, 0.25) is 0 Å². The maximum Gasteiger partial charge on any atom is 0.309 e. The third-order valence-electron chi connectivity index (χ3n) is 4.35. The molecule has 0 aromatic carbocycles. The van der Waals surface area contributed by atoms with Crippen LogP contribution in [-0.2, 0) is 14.3 Å². The summed E-state index contributed by atoms with van der Waals surface area (Å²) >= 11 is 0. The van der Waals surface area contributed by atoms with Gasteiger partial charge in [0, 0.05) is 19.6 Å². The van der Waals surface area contributed by atoms with Gasteiger partial charge in [-0.3, -0.25) is 4.79 Å². The Kier molecular flexibility index (Phi) is 6.86. The van der Waals surface area contributed by atoms with E-state index in [0.717, 1.165) is 12.8 Å². The Bertz CT molecular complexity index is 263. The Morgan fingerprint density at radius 2 is 1.61 bits per heavy atom. The van der Waals surface area contributed by atoms with Gasteiger partial charge in [-0.25, -0.2) is 0 Å². The lowest BCUT2D eigenvalue weighted by atomic mass is 9.74. The van der Waals surface area contributed by atoms with Crippen molar-refractivity contribution >= 4 is 5.97 Å². The van der Waals surface area contributed by atoms with Crippen LogP contribution < -0.4 is 0 Å². The van der Waals surface area contributed by atoms with E-state index in [0.29, 0.717) is 12.8 Å². The van der Waals surface area contributed by atoms with Crippen molar-refractivity contribution in [3.8, 4) is 0 Å². The van der Waals surface area contributed by atoms with Gasteiger partial charge >= 0.3 is 5.97 Å². The zero-order valence-corrected chi connectivity index (χ0v) is 12.6. The monoisotopic (exact) mass is 260 g/mol. The Balaban J connectivity index is 4.78. The van der Waals surface area contributed by atoms with E-state index < -0.39 is 11.4 Å². The molecule has 2 atom stereocenters. The molecule has 0 aliphatic heterocycles. The molecule has 0 aromatic heterocycles. The highest BCUT2D eigenvalue weighted by atomic mass is 16.7. The van der Waals surface area contributed by atoms with Gasteiger partial charge in [0.1, 0.15) is 0 Å². The number of hydrogen-bond donors (Lipinski definition) is 1. The van der Waals surface area contributed by atoms with Crippen LogP contribution in [0.3, 0.4) is 0 Å². The number of ether oxygens (including phenoxy) is 2. The van der Waals surface area contributed by atoms with Crippen molar-refractivity contribution in [2.24, 2.45) is 10.8 Å². The molecule has 0 saturated heterocycles. The van der Waals surface area contributed by atoms with Crippen LogP contribution in [0.5, 0.6) is 0 Å². The van der Waals surface area contributed by atoms with Gasteiger partial charge in [0.2, 0.25) is 0 Å². The number of methoxy groups -OCH3 is 2. The average Bonchev–Trinajstić information content (AvgIpc) is 2.37. The van der Waals surface area contributed by atoms with Crippen molar-refractivity contribution < 1.29 is 19.4 Å². The fourth-order valence-electron chi connectivity index (χ4n) is 2.12. The van der Waals surface area contributed by atoms with Crippen molar-refractivity contribution in [3.63, 3.8) is 0 Å². The largest absolute Gasteiger partial charge is 0.481 e. The van der Waals surface area contributed by atoms with Crippen LogP contribution in [0.4, 0.5) is 0 Å². The summed E-state index contributed by atoms with van der Waals surface area (Å²) in [5.41, 5.74) is -0.822. The lowest BCUT2D eigenvalue weighted by Gasteiger charge is -2.37. The summed E-state index contributed by atoms with van der Waals surface area (Å²) in [5.74, 6) is -0.727. The minimum absolute atomic E-state index is 0.157. The lowest BCUT2D eigenvalue weighted by molar-refractivity contribution is -0.180. The summed E-state index contributed by atoms with van der Waals surface area (Å²) in [6.07, 6.45) is 2.63.